The molecular formula is C20H17N3O3S3. The molecule has 0 spiro atoms. The molecular weight excluding hydrogens is 426 g/mol. The number of hydrogen-bond acceptors (Lipinski definition) is 8. The Morgan fingerprint density at radius 3 is 2.86 bits per heavy atom. The molecule has 4 rings (SSSR count). The van der Waals surface area contributed by atoms with Crippen LogP contribution in [0.15, 0.2) is 56.4 Å². The number of carbonyl (C=O) groups excluding carboxylic acids is 1. The van der Waals surface area contributed by atoms with Gasteiger partial charge in [-0.25, -0.2) is 9.97 Å². The van der Waals surface area contributed by atoms with Crippen LogP contribution in [0, 0.1) is 0 Å². The minimum atomic E-state index is -0.360. The van der Waals surface area contributed by atoms with Crippen molar-refractivity contribution in [1.82, 2.24) is 14.5 Å². The van der Waals surface area contributed by atoms with Crippen LogP contribution in [0.2, 0.25) is 0 Å². The summed E-state index contributed by atoms with van der Waals surface area (Å²) in [7, 11) is 1.34. The van der Waals surface area contributed by atoms with Crippen LogP contribution in [0.3, 0.4) is 0 Å². The average molecular weight is 444 g/mol. The Morgan fingerprint density at radius 2 is 2.07 bits per heavy atom. The Kier molecular flexibility index (Phi) is 6.08. The van der Waals surface area contributed by atoms with Gasteiger partial charge in [-0.3, -0.25) is 14.2 Å². The molecule has 3 heterocycles. The van der Waals surface area contributed by atoms with Crippen molar-refractivity contribution in [3.05, 3.63) is 62.5 Å². The second kappa shape index (κ2) is 8.89. The van der Waals surface area contributed by atoms with E-state index < -0.39 is 0 Å². The Labute approximate surface area is 179 Å². The fourth-order valence-corrected chi connectivity index (χ4v) is 5.35. The number of aromatic nitrogens is 3. The molecule has 0 bridgehead atoms. The third kappa shape index (κ3) is 4.42. The lowest BCUT2D eigenvalue weighted by atomic mass is 10.2. The summed E-state index contributed by atoms with van der Waals surface area (Å²) in [6.07, 6.45) is 0.114. The summed E-state index contributed by atoms with van der Waals surface area (Å²) in [5.74, 6) is 0.227. The first-order valence-electron chi connectivity index (χ1n) is 8.82. The lowest BCUT2D eigenvalue weighted by molar-refractivity contribution is -0.140. The number of hydrogen-bond donors (Lipinski definition) is 0. The summed E-state index contributed by atoms with van der Waals surface area (Å²) in [5.41, 5.74) is 2.55. The number of carbonyl (C=O) groups is 1. The normalized spacial score (nSPS) is 11.1. The SMILES string of the molecule is COC(=O)CCn1c(SCc2csc(-c3ccsc3)n2)nc2ccccc2c1=O. The van der Waals surface area contributed by atoms with Crippen LogP contribution in [0.25, 0.3) is 21.5 Å². The van der Waals surface area contributed by atoms with E-state index in [1.807, 2.05) is 29.0 Å². The quantitative estimate of drug-likeness (QED) is 0.239. The highest BCUT2D eigenvalue weighted by molar-refractivity contribution is 7.98. The third-order valence-electron chi connectivity index (χ3n) is 4.26. The maximum Gasteiger partial charge on any atom is 0.307 e. The van der Waals surface area contributed by atoms with Gasteiger partial charge in [0.2, 0.25) is 0 Å². The van der Waals surface area contributed by atoms with Crippen LogP contribution in [-0.4, -0.2) is 27.6 Å². The predicted molar refractivity (Wildman–Crippen MR) is 118 cm³/mol. The molecule has 148 valence electrons. The van der Waals surface area contributed by atoms with Crippen molar-refractivity contribution < 1.29 is 9.53 Å². The van der Waals surface area contributed by atoms with Crippen molar-refractivity contribution in [1.29, 1.82) is 0 Å². The molecule has 0 aliphatic rings. The average Bonchev–Trinajstić information content (AvgIpc) is 3.43. The van der Waals surface area contributed by atoms with Gasteiger partial charge in [0.15, 0.2) is 5.16 Å². The van der Waals surface area contributed by atoms with Crippen LogP contribution < -0.4 is 5.56 Å². The minimum Gasteiger partial charge on any atom is -0.469 e. The molecule has 6 nitrogen and oxygen atoms in total. The summed E-state index contributed by atoms with van der Waals surface area (Å²) in [5, 5.41) is 8.22. The van der Waals surface area contributed by atoms with E-state index in [0.29, 0.717) is 21.8 Å². The highest BCUT2D eigenvalue weighted by Gasteiger charge is 2.14. The largest absolute Gasteiger partial charge is 0.469 e. The van der Waals surface area contributed by atoms with Gasteiger partial charge in [0.1, 0.15) is 5.01 Å². The van der Waals surface area contributed by atoms with Crippen LogP contribution >= 0.6 is 34.4 Å². The number of esters is 1. The molecule has 9 heteroatoms. The lowest BCUT2D eigenvalue weighted by Crippen LogP contribution is -2.24. The molecule has 0 atom stereocenters. The number of thiazole rings is 1. The van der Waals surface area contributed by atoms with Gasteiger partial charge in [-0.2, -0.15) is 11.3 Å². The fourth-order valence-electron chi connectivity index (χ4n) is 2.79. The van der Waals surface area contributed by atoms with E-state index in [1.165, 1.54) is 18.9 Å². The number of fused-ring (bicyclic) bond motifs is 1. The maximum absolute atomic E-state index is 13.0. The molecule has 0 fully saturated rings. The van der Waals surface area contributed by atoms with Gasteiger partial charge in [-0.05, 0) is 23.6 Å². The molecule has 4 aromatic rings. The van der Waals surface area contributed by atoms with Gasteiger partial charge < -0.3 is 4.74 Å². The summed E-state index contributed by atoms with van der Waals surface area (Å²) >= 11 is 4.69. The molecule has 0 radical (unpaired) electrons. The van der Waals surface area contributed by atoms with Crippen molar-refractivity contribution in [2.24, 2.45) is 0 Å². The first-order chi connectivity index (χ1) is 14.2. The van der Waals surface area contributed by atoms with Gasteiger partial charge in [0, 0.05) is 28.6 Å². The highest BCUT2D eigenvalue weighted by Crippen LogP contribution is 2.29. The van der Waals surface area contributed by atoms with E-state index in [0.717, 1.165) is 16.3 Å². The van der Waals surface area contributed by atoms with Gasteiger partial charge in [-0.1, -0.05) is 23.9 Å². The number of benzene rings is 1. The second-order valence-electron chi connectivity index (χ2n) is 6.14. The smallest absolute Gasteiger partial charge is 0.307 e. The van der Waals surface area contributed by atoms with Crippen LogP contribution in [0.4, 0.5) is 0 Å². The van der Waals surface area contributed by atoms with E-state index in [-0.39, 0.29) is 24.5 Å². The zero-order valence-corrected chi connectivity index (χ0v) is 18.0. The Bertz CT molecular complexity index is 1200. The molecule has 1 aromatic carbocycles. The zero-order valence-electron chi connectivity index (χ0n) is 15.5. The number of rotatable bonds is 7. The standard InChI is InChI=1S/C20H17N3O3S3/c1-26-17(24)6-8-23-19(25)15-4-2-3-5-16(15)22-20(23)29-12-14-11-28-18(21-14)13-7-9-27-10-13/h2-5,7,9-11H,6,8,12H2,1H3. The van der Waals surface area contributed by atoms with E-state index in [4.69, 9.17) is 4.74 Å². The monoisotopic (exact) mass is 443 g/mol. The van der Waals surface area contributed by atoms with E-state index in [9.17, 15) is 9.59 Å². The van der Waals surface area contributed by atoms with Crippen LogP contribution in [0.5, 0.6) is 0 Å². The van der Waals surface area contributed by atoms with Crippen molar-refractivity contribution >= 4 is 51.3 Å². The Balaban J connectivity index is 1.61. The zero-order chi connectivity index (χ0) is 20.2. The maximum atomic E-state index is 13.0. The van der Waals surface area contributed by atoms with Crippen LogP contribution in [0.1, 0.15) is 12.1 Å². The predicted octanol–water partition coefficient (Wildman–Crippen LogP) is 4.44. The number of methoxy groups -OCH3 is 1. The van der Waals surface area contributed by atoms with Crippen molar-refractivity contribution in [2.75, 3.05) is 7.11 Å². The van der Waals surface area contributed by atoms with Gasteiger partial charge in [-0.15, -0.1) is 11.3 Å². The van der Waals surface area contributed by atoms with E-state index in [1.54, 1.807) is 33.3 Å². The molecule has 0 aliphatic carbocycles. The van der Waals surface area contributed by atoms with E-state index in [2.05, 4.69) is 21.4 Å². The Morgan fingerprint density at radius 1 is 1.21 bits per heavy atom. The lowest BCUT2D eigenvalue weighted by Gasteiger charge is -2.12. The van der Waals surface area contributed by atoms with Crippen LogP contribution in [-0.2, 0) is 21.8 Å². The number of para-hydroxylation sites is 1. The second-order valence-corrected chi connectivity index (χ2v) is 8.72. The highest BCUT2D eigenvalue weighted by atomic mass is 32.2. The molecule has 0 amide bonds. The Hall–Kier alpha value is -2.49. The fraction of sp³-hybridized carbons (Fsp3) is 0.200. The summed E-state index contributed by atoms with van der Waals surface area (Å²) in [6, 6.07) is 9.29. The van der Waals surface area contributed by atoms with E-state index >= 15 is 0 Å². The molecule has 0 unspecified atom stereocenters. The molecule has 0 aliphatic heterocycles. The first kappa shape index (κ1) is 19.8. The molecule has 29 heavy (non-hydrogen) atoms. The molecule has 3 aromatic heterocycles. The number of ether oxygens (including phenoxy) is 1. The molecule has 0 saturated heterocycles. The summed E-state index contributed by atoms with van der Waals surface area (Å²) in [6.45, 7) is 0.225. The van der Waals surface area contributed by atoms with Crippen molar-refractivity contribution in [3.8, 4) is 10.6 Å². The number of nitrogens with zero attached hydrogens (tertiary/aromatic N) is 3. The third-order valence-corrected chi connectivity index (χ3v) is 6.90. The number of thiophene rings is 1. The van der Waals surface area contributed by atoms with Gasteiger partial charge in [0.25, 0.3) is 5.56 Å². The van der Waals surface area contributed by atoms with Crippen molar-refractivity contribution in [2.45, 2.75) is 23.9 Å². The summed E-state index contributed by atoms with van der Waals surface area (Å²) in [4.78, 5) is 33.9. The van der Waals surface area contributed by atoms with Gasteiger partial charge >= 0.3 is 5.97 Å². The van der Waals surface area contributed by atoms with Crippen molar-refractivity contribution in [3.63, 3.8) is 0 Å². The minimum absolute atomic E-state index is 0.114. The number of thioether (sulfide) groups is 1. The topological polar surface area (TPSA) is 74.1 Å². The molecule has 0 N–H and O–H groups in total. The first-order valence-corrected chi connectivity index (χ1v) is 11.6. The summed E-state index contributed by atoms with van der Waals surface area (Å²) < 4.78 is 6.27. The van der Waals surface area contributed by atoms with Gasteiger partial charge in [0.05, 0.1) is 30.1 Å². The molecule has 0 saturated carbocycles.